The number of nitrogens with zero attached hydrogens (tertiary/aromatic N) is 2. The summed E-state index contributed by atoms with van der Waals surface area (Å²) in [6.45, 7) is 0.588. The summed E-state index contributed by atoms with van der Waals surface area (Å²) in [6.07, 6.45) is 1.65. The molecule has 0 spiro atoms. The van der Waals surface area contributed by atoms with E-state index >= 15 is 0 Å². The molecule has 1 aliphatic carbocycles. The first kappa shape index (κ1) is 12.3. The summed E-state index contributed by atoms with van der Waals surface area (Å²) in [6, 6.07) is 8.09. The molecule has 1 heterocycles. The first-order chi connectivity index (χ1) is 9.29. The molecule has 0 saturated carbocycles. The molecule has 5 nitrogen and oxygen atoms in total. The van der Waals surface area contributed by atoms with E-state index in [-0.39, 0.29) is 12.0 Å². The third-order valence-electron chi connectivity index (χ3n) is 3.57. The van der Waals surface area contributed by atoms with Crippen molar-refractivity contribution >= 4 is 0 Å². The number of benzene rings is 1. The monoisotopic (exact) mass is 259 g/mol. The van der Waals surface area contributed by atoms with Crippen molar-refractivity contribution in [3.8, 4) is 0 Å². The number of nitrogens with two attached hydrogens (primary N) is 1. The molecule has 0 saturated heterocycles. The van der Waals surface area contributed by atoms with Crippen molar-refractivity contribution in [1.82, 2.24) is 10.1 Å². The first-order valence-corrected chi connectivity index (χ1v) is 6.45. The van der Waals surface area contributed by atoms with Crippen LogP contribution in [0.5, 0.6) is 0 Å². The molecule has 3 rings (SSSR count). The summed E-state index contributed by atoms with van der Waals surface area (Å²) in [4.78, 5) is 4.43. The molecule has 100 valence electrons. The zero-order chi connectivity index (χ0) is 13.2. The van der Waals surface area contributed by atoms with Gasteiger partial charge in [0.1, 0.15) is 0 Å². The van der Waals surface area contributed by atoms with E-state index < -0.39 is 0 Å². The van der Waals surface area contributed by atoms with Crippen molar-refractivity contribution in [1.29, 1.82) is 0 Å². The van der Waals surface area contributed by atoms with Crippen LogP contribution in [0, 0.1) is 0 Å². The topological polar surface area (TPSA) is 74.2 Å². The molecule has 0 fully saturated rings. The van der Waals surface area contributed by atoms with Crippen molar-refractivity contribution in [3.63, 3.8) is 0 Å². The van der Waals surface area contributed by atoms with Gasteiger partial charge in [-0.2, -0.15) is 4.98 Å². The standard InChI is InChI=1S/C14H17N3O2/c1-18-7-6-12(15)14-16-13(17-19-14)11-8-9-4-2-3-5-10(9)11/h2-5,11-12H,6-8,15H2,1H3. The van der Waals surface area contributed by atoms with Gasteiger partial charge in [-0.3, -0.25) is 0 Å². The van der Waals surface area contributed by atoms with E-state index in [1.165, 1.54) is 11.1 Å². The summed E-state index contributed by atoms with van der Waals surface area (Å²) < 4.78 is 10.3. The van der Waals surface area contributed by atoms with E-state index in [2.05, 4.69) is 28.3 Å². The maximum atomic E-state index is 5.97. The van der Waals surface area contributed by atoms with Gasteiger partial charge in [0.2, 0.25) is 5.89 Å². The highest BCUT2D eigenvalue weighted by molar-refractivity contribution is 5.43. The van der Waals surface area contributed by atoms with Gasteiger partial charge in [-0.25, -0.2) is 0 Å². The summed E-state index contributed by atoms with van der Waals surface area (Å²) in [5.74, 6) is 1.49. The normalized spacial score (nSPS) is 18.7. The maximum Gasteiger partial charge on any atom is 0.243 e. The van der Waals surface area contributed by atoms with Crippen LogP contribution >= 0.6 is 0 Å². The molecule has 0 amide bonds. The lowest BCUT2D eigenvalue weighted by atomic mass is 9.77. The molecule has 0 bridgehead atoms. The van der Waals surface area contributed by atoms with E-state index in [0.29, 0.717) is 18.9 Å². The second-order valence-corrected chi connectivity index (χ2v) is 4.83. The quantitative estimate of drug-likeness (QED) is 0.886. The largest absolute Gasteiger partial charge is 0.385 e. The third kappa shape index (κ3) is 2.27. The van der Waals surface area contributed by atoms with Gasteiger partial charge in [0, 0.05) is 13.7 Å². The van der Waals surface area contributed by atoms with Gasteiger partial charge in [-0.15, -0.1) is 0 Å². The van der Waals surface area contributed by atoms with E-state index in [1.807, 2.05) is 6.07 Å². The Morgan fingerprint density at radius 2 is 2.32 bits per heavy atom. The molecule has 5 heteroatoms. The predicted molar refractivity (Wildman–Crippen MR) is 69.7 cm³/mol. The Hall–Kier alpha value is -1.72. The molecular formula is C14H17N3O2. The number of rotatable bonds is 5. The summed E-state index contributed by atoms with van der Waals surface area (Å²) in [5.41, 5.74) is 8.63. The van der Waals surface area contributed by atoms with E-state index in [0.717, 1.165) is 12.2 Å². The first-order valence-electron chi connectivity index (χ1n) is 6.45. The average Bonchev–Trinajstić information content (AvgIpc) is 2.87. The Morgan fingerprint density at radius 3 is 3.11 bits per heavy atom. The van der Waals surface area contributed by atoms with Crippen molar-refractivity contribution in [2.24, 2.45) is 5.73 Å². The Balaban J connectivity index is 1.73. The molecule has 2 N–H and O–H groups in total. The number of methoxy groups -OCH3 is 1. The zero-order valence-electron chi connectivity index (χ0n) is 10.9. The van der Waals surface area contributed by atoms with Gasteiger partial charge in [0.05, 0.1) is 12.0 Å². The summed E-state index contributed by atoms with van der Waals surface area (Å²) in [5, 5.41) is 4.06. The summed E-state index contributed by atoms with van der Waals surface area (Å²) >= 11 is 0. The van der Waals surface area contributed by atoms with E-state index in [9.17, 15) is 0 Å². The van der Waals surface area contributed by atoms with Gasteiger partial charge in [-0.05, 0) is 24.0 Å². The fourth-order valence-electron chi connectivity index (χ4n) is 2.40. The lowest BCUT2D eigenvalue weighted by molar-refractivity contribution is 0.182. The van der Waals surface area contributed by atoms with Gasteiger partial charge in [-0.1, -0.05) is 29.4 Å². The average molecular weight is 259 g/mol. The zero-order valence-corrected chi connectivity index (χ0v) is 10.9. The lowest BCUT2D eigenvalue weighted by Gasteiger charge is -2.27. The van der Waals surface area contributed by atoms with Crippen LogP contribution in [0.15, 0.2) is 28.8 Å². The number of aromatic nitrogens is 2. The van der Waals surface area contributed by atoms with Crippen LogP contribution in [0.25, 0.3) is 0 Å². The maximum absolute atomic E-state index is 5.97. The molecule has 2 atom stereocenters. The molecular weight excluding hydrogens is 242 g/mol. The smallest absolute Gasteiger partial charge is 0.243 e. The van der Waals surface area contributed by atoms with Crippen molar-refractivity contribution in [3.05, 3.63) is 47.1 Å². The molecule has 1 aromatic heterocycles. The SMILES string of the molecule is COCCC(N)c1nc(C2Cc3ccccc32)no1. The van der Waals surface area contributed by atoms with Gasteiger partial charge < -0.3 is 15.0 Å². The number of hydrogen-bond donors (Lipinski definition) is 1. The van der Waals surface area contributed by atoms with Gasteiger partial charge in [0.15, 0.2) is 5.82 Å². The molecule has 0 radical (unpaired) electrons. The van der Waals surface area contributed by atoms with Crippen molar-refractivity contribution < 1.29 is 9.26 Å². The number of hydrogen-bond acceptors (Lipinski definition) is 5. The Kier molecular flexibility index (Phi) is 3.31. The molecule has 1 aliphatic rings. The third-order valence-corrected chi connectivity index (χ3v) is 3.57. The second kappa shape index (κ2) is 5.11. The Morgan fingerprint density at radius 1 is 1.47 bits per heavy atom. The van der Waals surface area contributed by atoms with Crippen LogP contribution in [0.2, 0.25) is 0 Å². The van der Waals surface area contributed by atoms with Crippen LogP contribution in [0.4, 0.5) is 0 Å². The highest BCUT2D eigenvalue weighted by Crippen LogP contribution is 2.38. The highest BCUT2D eigenvalue weighted by Gasteiger charge is 2.31. The minimum absolute atomic E-state index is 0.253. The van der Waals surface area contributed by atoms with Gasteiger partial charge in [0.25, 0.3) is 0 Å². The minimum Gasteiger partial charge on any atom is -0.385 e. The number of fused-ring (bicyclic) bond motifs is 1. The lowest BCUT2D eigenvalue weighted by Crippen LogP contribution is -2.19. The van der Waals surface area contributed by atoms with Crippen LogP contribution in [0.1, 0.15) is 41.2 Å². The van der Waals surface area contributed by atoms with E-state index in [1.54, 1.807) is 7.11 Å². The minimum atomic E-state index is -0.253. The van der Waals surface area contributed by atoms with Gasteiger partial charge >= 0.3 is 0 Å². The fourth-order valence-corrected chi connectivity index (χ4v) is 2.40. The number of ether oxygens (including phenoxy) is 1. The Bertz CT molecular complexity index is 567. The molecule has 0 aliphatic heterocycles. The molecule has 2 aromatic rings. The molecule has 19 heavy (non-hydrogen) atoms. The second-order valence-electron chi connectivity index (χ2n) is 4.83. The predicted octanol–water partition coefficient (Wildman–Crippen LogP) is 1.79. The molecule has 1 aromatic carbocycles. The van der Waals surface area contributed by atoms with E-state index in [4.69, 9.17) is 15.0 Å². The van der Waals surface area contributed by atoms with Crippen LogP contribution in [-0.4, -0.2) is 23.9 Å². The fraction of sp³-hybridized carbons (Fsp3) is 0.429. The van der Waals surface area contributed by atoms with Crippen LogP contribution in [0.3, 0.4) is 0 Å². The van der Waals surface area contributed by atoms with Crippen LogP contribution < -0.4 is 5.73 Å². The highest BCUT2D eigenvalue weighted by atomic mass is 16.5. The van der Waals surface area contributed by atoms with Crippen LogP contribution in [-0.2, 0) is 11.2 Å². The van der Waals surface area contributed by atoms with Crippen molar-refractivity contribution in [2.75, 3.05) is 13.7 Å². The summed E-state index contributed by atoms with van der Waals surface area (Å²) in [7, 11) is 1.65. The van der Waals surface area contributed by atoms with Crippen molar-refractivity contribution in [2.45, 2.75) is 24.8 Å². The molecule has 2 unspecified atom stereocenters. The Labute approximate surface area is 111 Å².